The van der Waals surface area contributed by atoms with Crippen molar-refractivity contribution in [2.24, 2.45) is 4.99 Å². The lowest BCUT2D eigenvalue weighted by atomic mass is 10.0. The third-order valence-corrected chi connectivity index (χ3v) is 7.01. The number of nitrogens with one attached hydrogen (secondary N) is 2. The van der Waals surface area contributed by atoms with E-state index in [2.05, 4.69) is 25.8 Å². The first-order valence-electron chi connectivity index (χ1n) is 13.4. The maximum Gasteiger partial charge on any atom is 0.417 e. The maximum absolute atomic E-state index is 13.6. The molecule has 13 heteroatoms. The van der Waals surface area contributed by atoms with Gasteiger partial charge in [-0.2, -0.15) is 13.2 Å². The third-order valence-electron chi connectivity index (χ3n) is 7.01. The second-order valence-corrected chi connectivity index (χ2v) is 9.77. The van der Waals surface area contributed by atoms with Crippen molar-refractivity contribution in [3.8, 4) is 11.6 Å². The number of nitrogens with zero attached hydrogens (tertiary/aromatic N) is 5. The van der Waals surface area contributed by atoms with Gasteiger partial charge < -0.3 is 24.7 Å². The van der Waals surface area contributed by atoms with E-state index < -0.39 is 23.8 Å². The SMILES string of the molecule is CC[C@H]1CN(c2cc(C(F)(F)F)cnc2-c2nnc(N[C@H]3N=C(c4ccccc4)c4ccccc4NC3=O)o2)CCO1. The lowest BCUT2D eigenvalue weighted by molar-refractivity contribution is -0.137. The molecule has 2 aliphatic heterocycles. The number of alkyl halides is 3. The number of ether oxygens (including phenoxy) is 1. The van der Waals surface area contributed by atoms with Gasteiger partial charge in [0.2, 0.25) is 6.17 Å². The van der Waals surface area contributed by atoms with Crippen LogP contribution in [-0.2, 0) is 15.7 Å². The van der Waals surface area contributed by atoms with Crippen molar-refractivity contribution in [2.75, 3.05) is 35.2 Å². The molecule has 4 aromatic rings. The van der Waals surface area contributed by atoms with Crippen LogP contribution in [0.1, 0.15) is 30.0 Å². The van der Waals surface area contributed by atoms with Crippen LogP contribution in [0.5, 0.6) is 0 Å². The van der Waals surface area contributed by atoms with E-state index in [-0.39, 0.29) is 29.4 Å². The number of carbonyl (C=O) groups excluding carboxylic acids is 1. The molecule has 0 unspecified atom stereocenters. The van der Waals surface area contributed by atoms with Gasteiger partial charge in [0.1, 0.15) is 0 Å². The number of carbonyl (C=O) groups is 1. The molecule has 10 nitrogen and oxygen atoms in total. The van der Waals surface area contributed by atoms with Crippen molar-refractivity contribution in [1.82, 2.24) is 15.2 Å². The van der Waals surface area contributed by atoms with E-state index in [1.54, 1.807) is 11.0 Å². The molecule has 0 radical (unpaired) electrons. The Kier molecular flexibility index (Phi) is 7.33. The summed E-state index contributed by atoms with van der Waals surface area (Å²) in [6.07, 6.45) is -4.44. The molecular weight excluding hydrogens is 551 g/mol. The van der Waals surface area contributed by atoms with Crippen molar-refractivity contribution in [3.63, 3.8) is 0 Å². The first-order valence-corrected chi connectivity index (χ1v) is 13.4. The Labute approximate surface area is 238 Å². The van der Waals surface area contributed by atoms with Crippen molar-refractivity contribution < 1.29 is 27.1 Å². The van der Waals surface area contributed by atoms with Gasteiger partial charge in [0, 0.05) is 30.4 Å². The summed E-state index contributed by atoms with van der Waals surface area (Å²) in [6.45, 7) is 3.05. The van der Waals surface area contributed by atoms with Gasteiger partial charge in [-0.3, -0.25) is 4.79 Å². The smallest absolute Gasteiger partial charge is 0.402 e. The first kappa shape index (κ1) is 27.4. The van der Waals surface area contributed by atoms with Gasteiger partial charge in [0.25, 0.3) is 11.8 Å². The number of benzodiazepines with no additional fused rings is 1. The van der Waals surface area contributed by atoms with Gasteiger partial charge in [-0.1, -0.05) is 60.6 Å². The number of fused-ring (bicyclic) bond motifs is 1. The predicted molar refractivity (Wildman–Crippen MR) is 149 cm³/mol. The summed E-state index contributed by atoms with van der Waals surface area (Å²) in [6, 6.07) is 17.6. The first-order chi connectivity index (χ1) is 20.3. The number of anilines is 3. The third kappa shape index (κ3) is 5.55. The Balaban J connectivity index is 1.34. The summed E-state index contributed by atoms with van der Waals surface area (Å²) in [5, 5.41) is 13.8. The second-order valence-electron chi connectivity index (χ2n) is 9.77. The van der Waals surface area contributed by atoms with Crippen LogP contribution in [0.4, 0.5) is 30.6 Å². The maximum atomic E-state index is 13.6. The molecule has 216 valence electrons. The van der Waals surface area contributed by atoms with Crippen LogP contribution < -0.4 is 15.5 Å². The van der Waals surface area contributed by atoms with Gasteiger partial charge >= 0.3 is 12.2 Å². The molecule has 1 saturated heterocycles. The average Bonchev–Trinajstić information content (AvgIpc) is 3.42. The van der Waals surface area contributed by atoms with Crippen molar-refractivity contribution in [3.05, 3.63) is 83.6 Å². The van der Waals surface area contributed by atoms with Gasteiger partial charge in [-0.15, -0.1) is 5.10 Å². The lowest BCUT2D eigenvalue weighted by Crippen LogP contribution is -2.42. The predicted octanol–water partition coefficient (Wildman–Crippen LogP) is 4.99. The Morgan fingerprint density at radius 3 is 2.67 bits per heavy atom. The summed E-state index contributed by atoms with van der Waals surface area (Å²) in [7, 11) is 0. The number of pyridine rings is 1. The normalized spacial score (nSPS) is 19.0. The van der Waals surface area contributed by atoms with Crippen LogP contribution in [0.3, 0.4) is 0 Å². The quantitative estimate of drug-likeness (QED) is 0.329. The Bertz CT molecular complexity index is 1620. The highest BCUT2D eigenvalue weighted by Gasteiger charge is 2.34. The van der Waals surface area contributed by atoms with E-state index in [9.17, 15) is 18.0 Å². The molecule has 0 aliphatic carbocycles. The van der Waals surface area contributed by atoms with Crippen LogP contribution in [0.25, 0.3) is 11.6 Å². The molecule has 42 heavy (non-hydrogen) atoms. The number of morpholine rings is 1. The molecule has 4 heterocycles. The second kappa shape index (κ2) is 11.2. The zero-order valence-corrected chi connectivity index (χ0v) is 22.4. The number of benzene rings is 2. The summed E-state index contributed by atoms with van der Waals surface area (Å²) >= 11 is 0. The van der Waals surface area contributed by atoms with Gasteiger partial charge in [0.15, 0.2) is 5.69 Å². The number of para-hydroxylation sites is 1. The topological polar surface area (TPSA) is 118 Å². The minimum absolute atomic E-state index is 0.0894. The molecule has 1 fully saturated rings. The minimum Gasteiger partial charge on any atom is -0.402 e. The summed E-state index contributed by atoms with van der Waals surface area (Å²) in [4.78, 5) is 23.7. The van der Waals surface area contributed by atoms with E-state index in [1.807, 2.05) is 55.5 Å². The fourth-order valence-electron chi connectivity index (χ4n) is 4.87. The molecule has 2 aromatic heterocycles. The molecule has 1 amide bonds. The molecule has 0 spiro atoms. The molecule has 6 rings (SSSR count). The lowest BCUT2D eigenvalue weighted by Gasteiger charge is -2.34. The van der Waals surface area contributed by atoms with Crippen LogP contribution in [0.2, 0.25) is 0 Å². The average molecular weight is 578 g/mol. The number of aromatic nitrogens is 3. The van der Waals surface area contributed by atoms with Crippen molar-refractivity contribution >= 4 is 29.0 Å². The summed E-state index contributed by atoms with van der Waals surface area (Å²) in [5.74, 6) is -0.564. The van der Waals surface area contributed by atoms with Gasteiger partial charge in [-0.05, 0) is 18.6 Å². The number of hydrogen-bond donors (Lipinski definition) is 2. The molecule has 2 aliphatic rings. The largest absolute Gasteiger partial charge is 0.417 e. The van der Waals surface area contributed by atoms with Crippen LogP contribution in [-0.4, -0.2) is 58.8 Å². The van der Waals surface area contributed by atoms with E-state index in [0.29, 0.717) is 37.5 Å². The number of amides is 1. The van der Waals surface area contributed by atoms with Crippen molar-refractivity contribution in [1.29, 1.82) is 0 Å². The standard InChI is InChI=1S/C29H26F3N7O3/c1-2-19-16-39(12-13-41-19)22-14-18(29(30,31)32)15-33-24(22)27-37-38-28(42-27)36-25-26(40)34-21-11-7-6-10-20(21)23(35-25)17-8-4-3-5-9-17/h3-11,14-15,19,25H,2,12-13,16H2,1H3,(H,34,40)(H,36,38)/t19-,25+/m0/s1. The zero-order chi connectivity index (χ0) is 29.3. The summed E-state index contributed by atoms with van der Waals surface area (Å²) < 4.78 is 52.3. The zero-order valence-electron chi connectivity index (χ0n) is 22.4. The highest BCUT2D eigenvalue weighted by atomic mass is 19.4. The molecular formula is C29H26F3N7O3. The molecule has 2 atom stereocenters. The number of halogens is 3. The number of hydrogen-bond acceptors (Lipinski definition) is 9. The molecule has 2 aromatic carbocycles. The van der Waals surface area contributed by atoms with Crippen LogP contribution >= 0.6 is 0 Å². The number of aliphatic imine (C=N–C) groups is 1. The van der Waals surface area contributed by atoms with E-state index >= 15 is 0 Å². The van der Waals surface area contributed by atoms with Gasteiger partial charge in [0.05, 0.1) is 35.4 Å². The van der Waals surface area contributed by atoms with Gasteiger partial charge in [-0.25, -0.2) is 9.98 Å². The highest BCUT2D eigenvalue weighted by Crippen LogP contribution is 2.37. The molecule has 0 saturated carbocycles. The van der Waals surface area contributed by atoms with Crippen molar-refractivity contribution in [2.45, 2.75) is 31.8 Å². The minimum atomic E-state index is -4.59. The van der Waals surface area contributed by atoms with E-state index in [0.717, 1.165) is 23.4 Å². The fourth-order valence-corrected chi connectivity index (χ4v) is 4.87. The Morgan fingerprint density at radius 2 is 1.88 bits per heavy atom. The highest BCUT2D eigenvalue weighted by molar-refractivity contribution is 6.19. The van der Waals surface area contributed by atoms with E-state index in [1.165, 1.54) is 0 Å². The summed E-state index contributed by atoms with van der Waals surface area (Å²) in [5.41, 5.74) is 2.11. The van der Waals surface area contributed by atoms with E-state index in [4.69, 9.17) is 14.1 Å². The number of rotatable bonds is 6. The fraction of sp³-hybridized carbons (Fsp3) is 0.276. The monoisotopic (exact) mass is 577 g/mol. The Morgan fingerprint density at radius 1 is 1.10 bits per heavy atom. The molecule has 0 bridgehead atoms. The van der Waals surface area contributed by atoms with Crippen LogP contribution in [0, 0.1) is 0 Å². The molecule has 2 N–H and O–H groups in total. The Hall–Kier alpha value is -4.78. The van der Waals surface area contributed by atoms with Crippen LogP contribution in [0.15, 0.2) is 76.3 Å².